The van der Waals surface area contributed by atoms with Crippen molar-refractivity contribution in [1.82, 2.24) is 4.90 Å². The van der Waals surface area contributed by atoms with E-state index in [2.05, 4.69) is 6.92 Å². The Morgan fingerprint density at radius 2 is 2.36 bits per heavy atom. The van der Waals surface area contributed by atoms with Crippen molar-refractivity contribution in [2.24, 2.45) is 5.73 Å². The van der Waals surface area contributed by atoms with E-state index in [0.29, 0.717) is 19.8 Å². The lowest BCUT2D eigenvalue weighted by molar-refractivity contribution is -0.142. The van der Waals surface area contributed by atoms with Crippen molar-refractivity contribution in [1.29, 1.82) is 0 Å². The van der Waals surface area contributed by atoms with Gasteiger partial charge in [0.15, 0.2) is 0 Å². The third-order valence-electron chi connectivity index (χ3n) is 3.17. The summed E-state index contributed by atoms with van der Waals surface area (Å²) in [5.74, 6) is 0.132. The van der Waals surface area contributed by atoms with Crippen molar-refractivity contribution in [2.75, 3.05) is 19.8 Å². The molecule has 0 aromatic rings. The average molecular weight is 198 g/mol. The molecule has 0 aromatic heterocycles. The minimum Gasteiger partial charge on any atom is -0.377 e. The van der Waals surface area contributed by atoms with E-state index in [4.69, 9.17) is 10.5 Å². The molecule has 2 aliphatic rings. The normalized spacial score (nSPS) is 30.1. The van der Waals surface area contributed by atoms with Gasteiger partial charge < -0.3 is 15.4 Å². The van der Waals surface area contributed by atoms with Crippen LogP contribution in [0.3, 0.4) is 0 Å². The summed E-state index contributed by atoms with van der Waals surface area (Å²) >= 11 is 0. The summed E-state index contributed by atoms with van der Waals surface area (Å²) in [7, 11) is 0. The molecule has 1 saturated heterocycles. The molecular formula is C10H18N2O2. The van der Waals surface area contributed by atoms with Gasteiger partial charge in [0, 0.05) is 6.54 Å². The molecule has 1 heterocycles. The lowest BCUT2D eigenvalue weighted by Crippen LogP contribution is -2.54. The van der Waals surface area contributed by atoms with E-state index in [0.717, 1.165) is 19.3 Å². The number of morpholine rings is 1. The first kappa shape index (κ1) is 9.93. The molecule has 1 saturated carbocycles. The standard InChI is InChI=1S/C10H18N2O2/c1-2-8-7-14-6-5-12(8)9(13)10(11)3-4-10/h8H,2-7,11H2,1H3. The smallest absolute Gasteiger partial charge is 0.243 e. The number of carbonyl (C=O) groups is 1. The first-order valence-corrected chi connectivity index (χ1v) is 5.35. The van der Waals surface area contributed by atoms with Crippen molar-refractivity contribution >= 4 is 5.91 Å². The van der Waals surface area contributed by atoms with Crippen LogP contribution in [0.2, 0.25) is 0 Å². The Labute approximate surface area is 84.4 Å². The summed E-state index contributed by atoms with van der Waals surface area (Å²) in [4.78, 5) is 13.9. The van der Waals surface area contributed by atoms with Gasteiger partial charge in [0.25, 0.3) is 0 Å². The molecule has 1 amide bonds. The Morgan fingerprint density at radius 3 is 2.93 bits per heavy atom. The molecule has 1 aliphatic carbocycles. The molecule has 0 bridgehead atoms. The van der Waals surface area contributed by atoms with E-state index in [1.54, 1.807) is 0 Å². The van der Waals surface area contributed by atoms with E-state index >= 15 is 0 Å². The van der Waals surface area contributed by atoms with Crippen LogP contribution in [0, 0.1) is 0 Å². The van der Waals surface area contributed by atoms with Crippen molar-refractivity contribution in [3.63, 3.8) is 0 Å². The van der Waals surface area contributed by atoms with Gasteiger partial charge in [-0.05, 0) is 19.3 Å². The van der Waals surface area contributed by atoms with Crippen LogP contribution in [-0.4, -0.2) is 42.1 Å². The van der Waals surface area contributed by atoms with E-state index in [1.165, 1.54) is 0 Å². The lowest BCUT2D eigenvalue weighted by atomic mass is 10.1. The predicted octanol–water partition coefficient (Wildman–Crippen LogP) is 0.115. The van der Waals surface area contributed by atoms with Crippen LogP contribution in [0.5, 0.6) is 0 Å². The third kappa shape index (κ3) is 1.64. The van der Waals surface area contributed by atoms with Crippen LogP contribution in [0.4, 0.5) is 0 Å². The van der Waals surface area contributed by atoms with Crippen molar-refractivity contribution in [2.45, 2.75) is 37.8 Å². The maximum absolute atomic E-state index is 12.0. The summed E-state index contributed by atoms with van der Waals surface area (Å²) < 4.78 is 5.35. The number of amides is 1. The zero-order valence-corrected chi connectivity index (χ0v) is 8.66. The second-order valence-corrected chi connectivity index (χ2v) is 4.29. The van der Waals surface area contributed by atoms with Crippen LogP contribution in [0.1, 0.15) is 26.2 Å². The average Bonchev–Trinajstić information content (AvgIpc) is 2.97. The number of nitrogens with two attached hydrogens (primary N) is 1. The number of hydrogen-bond acceptors (Lipinski definition) is 3. The highest BCUT2D eigenvalue weighted by molar-refractivity contribution is 5.89. The quantitative estimate of drug-likeness (QED) is 0.685. The van der Waals surface area contributed by atoms with Gasteiger partial charge in [0.05, 0.1) is 24.8 Å². The molecule has 1 aliphatic heterocycles. The van der Waals surface area contributed by atoms with E-state index < -0.39 is 5.54 Å². The summed E-state index contributed by atoms with van der Waals surface area (Å²) in [5, 5.41) is 0. The largest absolute Gasteiger partial charge is 0.377 e. The zero-order valence-electron chi connectivity index (χ0n) is 8.66. The molecule has 4 heteroatoms. The van der Waals surface area contributed by atoms with E-state index in [9.17, 15) is 4.79 Å². The van der Waals surface area contributed by atoms with Gasteiger partial charge in [0.2, 0.25) is 5.91 Å². The number of nitrogens with zero attached hydrogens (tertiary/aromatic N) is 1. The van der Waals surface area contributed by atoms with Gasteiger partial charge in [-0.15, -0.1) is 0 Å². The molecule has 2 fully saturated rings. The number of ether oxygens (including phenoxy) is 1. The summed E-state index contributed by atoms with van der Waals surface area (Å²) in [6.45, 7) is 4.10. The molecular weight excluding hydrogens is 180 g/mol. The highest BCUT2D eigenvalue weighted by atomic mass is 16.5. The molecule has 1 atom stereocenters. The fourth-order valence-electron chi connectivity index (χ4n) is 1.89. The van der Waals surface area contributed by atoms with Gasteiger partial charge in [-0.25, -0.2) is 0 Å². The summed E-state index contributed by atoms with van der Waals surface area (Å²) in [6.07, 6.45) is 2.64. The lowest BCUT2D eigenvalue weighted by Gasteiger charge is -2.36. The second kappa shape index (κ2) is 3.51. The zero-order chi connectivity index (χ0) is 10.2. The minimum atomic E-state index is -0.523. The third-order valence-corrected chi connectivity index (χ3v) is 3.17. The molecule has 80 valence electrons. The molecule has 2 N–H and O–H groups in total. The Balaban J connectivity index is 2.03. The highest BCUT2D eigenvalue weighted by Gasteiger charge is 2.49. The minimum absolute atomic E-state index is 0.132. The monoisotopic (exact) mass is 198 g/mol. The molecule has 4 nitrogen and oxygen atoms in total. The van der Waals surface area contributed by atoms with Crippen molar-refractivity contribution in [3.05, 3.63) is 0 Å². The van der Waals surface area contributed by atoms with Gasteiger partial charge in [-0.3, -0.25) is 4.79 Å². The Kier molecular flexibility index (Phi) is 2.49. The maximum atomic E-state index is 12.0. The molecule has 0 radical (unpaired) electrons. The maximum Gasteiger partial charge on any atom is 0.243 e. The Bertz CT molecular complexity index is 238. The molecule has 2 rings (SSSR count). The van der Waals surface area contributed by atoms with E-state index in [-0.39, 0.29) is 11.9 Å². The highest BCUT2D eigenvalue weighted by Crippen LogP contribution is 2.35. The second-order valence-electron chi connectivity index (χ2n) is 4.29. The Morgan fingerprint density at radius 1 is 1.64 bits per heavy atom. The van der Waals surface area contributed by atoms with Gasteiger partial charge in [0.1, 0.15) is 0 Å². The Hall–Kier alpha value is -0.610. The summed E-state index contributed by atoms with van der Waals surface area (Å²) in [6, 6.07) is 0.234. The van der Waals surface area contributed by atoms with Crippen LogP contribution in [-0.2, 0) is 9.53 Å². The fourth-order valence-corrected chi connectivity index (χ4v) is 1.89. The van der Waals surface area contributed by atoms with Crippen LogP contribution in [0.15, 0.2) is 0 Å². The molecule has 0 aromatic carbocycles. The van der Waals surface area contributed by atoms with E-state index in [1.807, 2.05) is 4.90 Å². The number of carbonyl (C=O) groups excluding carboxylic acids is 1. The van der Waals surface area contributed by atoms with Gasteiger partial charge in [-0.1, -0.05) is 6.92 Å². The van der Waals surface area contributed by atoms with Crippen molar-refractivity contribution in [3.8, 4) is 0 Å². The van der Waals surface area contributed by atoms with Crippen LogP contribution in [0.25, 0.3) is 0 Å². The molecule has 1 unspecified atom stereocenters. The number of hydrogen-bond donors (Lipinski definition) is 1. The van der Waals surface area contributed by atoms with Crippen LogP contribution >= 0.6 is 0 Å². The van der Waals surface area contributed by atoms with Crippen LogP contribution < -0.4 is 5.73 Å². The van der Waals surface area contributed by atoms with Gasteiger partial charge in [-0.2, -0.15) is 0 Å². The SMILES string of the molecule is CCC1COCCN1C(=O)C1(N)CC1. The first-order chi connectivity index (χ1) is 6.67. The first-order valence-electron chi connectivity index (χ1n) is 5.35. The van der Waals surface area contributed by atoms with Gasteiger partial charge >= 0.3 is 0 Å². The van der Waals surface area contributed by atoms with Crippen molar-refractivity contribution < 1.29 is 9.53 Å². The summed E-state index contributed by atoms with van der Waals surface area (Å²) in [5.41, 5.74) is 5.38. The molecule has 0 spiro atoms. The molecule has 14 heavy (non-hydrogen) atoms. The number of rotatable bonds is 2. The fraction of sp³-hybridized carbons (Fsp3) is 0.900. The predicted molar refractivity (Wildman–Crippen MR) is 52.8 cm³/mol. The topological polar surface area (TPSA) is 55.6 Å².